The quantitative estimate of drug-likeness (QED) is 0.869. The van der Waals surface area contributed by atoms with E-state index >= 15 is 0 Å². The van der Waals surface area contributed by atoms with Gasteiger partial charge in [-0.15, -0.1) is 0 Å². The van der Waals surface area contributed by atoms with E-state index in [1.807, 2.05) is 25.1 Å². The van der Waals surface area contributed by atoms with E-state index in [0.717, 1.165) is 11.1 Å². The van der Waals surface area contributed by atoms with Gasteiger partial charge in [-0.2, -0.15) is 0 Å². The molecule has 0 unspecified atom stereocenters. The number of ether oxygens (including phenoxy) is 2. The van der Waals surface area contributed by atoms with Gasteiger partial charge in [0.2, 0.25) is 0 Å². The molecule has 2 N–H and O–H groups in total. The molecule has 0 aromatic heterocycles. The van der Waals surface area contributed by atoms with Gasteiger partial charge in [0, 0.05) is 12.6 Å². The minimum atomic E-state index is -0.336. The fourth-order valence-electron chi connectivity index (χ4n) is 2.04. The predicted molar refractivity (Wildman–Crippen MR) is 91.6 cm³/mol. The van der Waals surface area contributed by atoms with Gasteiger partial charge >= 0.3 is 6.03 Å². The van der Waals surface area contributed by atoms with E-state index in [4.69, 9.17) is 21.1 Å². The molecule has 0 aliphatic carbocycles. The Balaban J connectivity index is 1.99. The first kappa shape index (κ1) is 17.0. The van der Waals surface area contributed by atoms with E-state index in [-0.39, 0.29) is 6.03 Å². The third-order valence-electron chi connectivity index (χ3n) is 3.24. The molecule has 0 saturated carbocycles. The molecule has 0 atom stereocenters. The first-order chi connectivity index (χ1) is 11.0. The van der Waals surface area contributed by atoms with Crippen molar-refractivity contribution in [3.05, 3.63) is 52.5 Å². The maximum absolute atomic E-state index is 12.0. The summed E-state index contributed by atoms with van der Waals surface area (Å²) in [5.74, 6) is 1.34. The summed E-state index contributed by atoms with van der Waals surface area (Å²) in [6.45, 7) is 2.27. The molecule has 5 nitrogen and oxygen atoms in total. The number of amides is 2. The van der Waals surface area contributed by atoms with Crippen molar-refractivity contribution in [1.82, 2.24) is 5.32 Å². The van der Waals surface area contributed by atoms with Crippen molar-refractivity contribution in [3.8, 4) is 11.5 Å². The molecule has 2 aromatic rings. The maximum atomic E-state index is 12.0. The lowest BCUT2D eigenvalue weighted by molar-refractivity contribution is 0.251. The Morgan fingerprint density at radius 3 is 2.30 bits per heavy atom. The first-order valence-corrected chi connectivity index (χ1v) is 7.42. The highest BCUT2D eigenvalue weighted by Gasteiger charge is 2.07. The van der Waals surface area contributed by atoms with E-state index in [0.29, 0.717) is 28.8 Å². The molecule has 0 aliphatic rings. The number of carbonyl (C=O) groups excluding carboxylic acids is 1. The molecular weight excluding hydrogens is 316 g/mol. The third-order valence-corrected chi connectivity index (χ3v) is 3.55. The summed E-state index contributed by atoms with van der Waals surface area (Å²) in [7, 11) is 3.16. The van der Waals surface area contributed by atoms with Crippen LogP contribution in [-0.2, 0) is 6.54 Å². The predicted octanol–water partition coefficient (Wildman–Crippen LogP) is 3.99. The zero-order chi connectivity index (χ0) is 16.8. The molecule has 0 spiro atoms. The zero-order valence-corrected chi connectivity index (χ0v) is 14.0. The summed E-state index contributed by atoms with van der Waals surface area (Å²) in [4.78, 5) is 12.0. The minimum Gasteiger partial charge on any atom is -0.497 e. The number of rotatable bonds is 5. The Morgan fingerprint density at radius 2 is 1.74 bits per heavy atom. The van der Waals surface area contributed by atoms with E-state index in [2.05, 4.69) is 10.6 Å². The molecule has 0 radical (unpaired) electrons. The number of carbonyl (C=O) groups is 1. The second-order valence-electron chi connectivity index (χ2n) is 5.01. The normalized spacial score (nSPS) is 10.1. The fourth-order valence-corrected chi connectivity index (χ4v) is 2.32. The van der Waals surface area contributed by atoms with Crippen LogP contribution in [0.2, 0.25) is 5.02 Å². The van der Waals surface area contributed by atoms with Crippen molar-refractivity contribution in [2.45, 2.75) is 13.5 Å². The number of nitrogens with one attached hydrogen (secondary N) is 2. The number of urea groups is 1. The first-order valence-electron chi connectivity index (χ1n) is 7.05. The molecule has 0 aliphatic heterocycles. The molecule has 0 heterocycles. The van der Waals surface area contributed by atoms with E-state index in [1.165, 1.54) is 0 Å². The van der Waals surface area contributed by atoms with Crippen LogP contribution in [0.1, 0.15) is 11.1 Å². The van der Waals surface area contributed by atoms with Crippen molar-refractivity contribution < 1.29 is 14.3 Å². The smallest absolute Gasteiger partial charge is 0.319 e. The second kappa shape index (κ2) is 7.74. The van der Waals surface area contributed by atoms with E-state index in [9.17, 15) is 4.79 Å². The average Bonchev–Trinajstić information content (AvgIpc) is 2.55. The summed E-state index contributed by atoms with van der Waals surface area (Å²) in [6, 6.07) is 10.6. The van der Waals surface area contributed by atoms with Gasteiger partial charge < -0.3 is 20.1 Å². The van der Waals surface area contributed by atoms with E-state index < -0.39 is 0 Å². The van der Waals surface area contributed by atoms with Crippen LogP contribution < -0.4 is 20.1 Å². The summed E-state index contributed by atoms with van der Waals surface area (Å²) < 4.78 is 10.4. The van der Waals surface area contributed by atoms with Crippen LogP contribution in [0.25, 0.3) is 0 Å². The Labute approximate surface area is 140 Å². The highest BCUT2D eigenvalue weighted by molar-refractivity contribution is 6.33. The molecule has 2 rings (SSSR count). The van der Waals surface area contributed by atoms with Gasteiger partial charge in [-0.25, -0.2) is 4.79 Å². The maximum Gasteiger partial charge on any atom is 0.319 e. The number of methoxy groups -OCH3 is 2. The number of halogens is 1. The van der Waals surface area contributed by atoms with Gasteiger partial charge in [0.1, 0.15) is 11.5 Å². The number of hydrogen-bond donors (Lipinski definition) is 2. The summed E-state index contributed by atoms with van der Waals surface area (Å²) in [6.07, 6.45) is 0. The highest BCUT2D eigenvalue weighted by Crippen LogP contribution is 2.23. The van der Waals surface area contributed by atoms with Crippen molar-refractivity contribution in [3.63, 3.8) is 0 Å². The highest BCUT2D eigenvalue weighted by atomic mass is 35.5. The van der Waals surface area contributed by atoms with Crippen LogP contribution in [0, 0.1) is 6.92 Å². The Morgan fingerprint density at radius 1 is 1.09 bits per heavy atom. The number of aryl methyl sites for hydroxylation is 1. The molecule has 0 fully saturated rings. The second-order valence-corrected chi connectivity index (χ2v) is 5.42. The molecule has 2 amide bonds. The van der Waals surface area contributed by atoms with Crippen molar-refractivity contribution in [2.75, 3.05) is 19.5 Å². The third kappa shape index (κ3) is 4.79. The Kier molecular flexibility index (Phi) is 5.71. The van der Waals surface area contributed by atoms with Crippen LogP contribution in [-0.4, -0.2) is 20.3 Å². The lowest BCUT2D eigenvalue weighted by atomic mass is 10.2. The van der Waals surface area contributed by atoms with Gasteiger partial charge in [-0.05, 0) is 42.3 Å². The molecule has 2 aromatic carbocycles. The van der Waals surface area contributed by atoms with Crippen molar-refractivity contribution in [2.24, 2.45) is 0 Å². The van der Waals surface area contributed by atoms with Gasteiger partial charge in [0.05, 0.1) is 24.9 Å². The summed E-state index contributed by atoms with van der Waals surface area (Å²) in [5, 5.41) is 6.00. The SMILES string of the molecule is COc1cc(CNC(=O)Nc2ccc(C)cc2Cl)cc(OC)c1. The topological polar surface area (TPSA) is 59.6 Å². The summed E-state index contributed by atoms with van der Waals surface area (Å²) in [5.41, 5.74) is 2.47. The van der Waals surface area contributed by atoms with Gasteiger partial charge in [0.25, 0.3) is 0 Å². The average molecular weight is 335 g/mol. The standard InChI is InChI=1S/C17H19ClN2O3/c1-11-4-5-16(15(18)6-11)20-17(21)19-10-12-7-13(22-2)9-14(8-12)23-3/h4-9H,10H2,1-3H3,(H2,19,20,21). The van der Waals surface area contributed by atoms with Crippen molar-refractivity contribution in [1.29, 1.82) is 0 Å². The zero-order valence-electron chi connectivity index (χ0n) is 13.3. The summed E-state index contributed by atoms with van der Waals surface area (Å²) >= 11 is 6.09. The van der Waals surface area contributed by atoms with Crippen LogP contribution in [0.15, 0.2) is 36.4 Å². The van der Waals surface area contributed by atoms with Crippen LogP contribution in [0.4, 0.5) is 10.5 Å². The molecule has 23 heavy (non-hydrogen) atoms. The number of benzene rings is 2. The van der Waals surface area contributed by atoms with Gasteiger partial charge in [-0.3, -0.25) is 0 Å². The molecule has 6 heteroatoms. The van der Waals surface area contributed by atoms with Crippen molar-refractivity contribution >= 4 is 23.3 Å². The van der Waals surface area contributed by atoms with Crippen LogP contribution in [0.5, 0.6) is 11.5 Å². The van der Waals surface area contributed by atoms with Crippen LogP contribution >= 0.6 is 11.6 Å². The fraction of sp³-hybridized carbons (Fsp3) is 0.235. The van der Waals surface area contributed by atoms with Gasteiger partial charge in [0.15, 0.2) is 0 Å². The Hall–Kier alpha value is -2.40. The lowest BCUT2D eigenvalue weighted by Gasteiger charge is -2.11. The molecule has 122 valence electrons. The number of hydrogen-bond acceptors (Lipinski definition) is 3. The van der Waals surface area contributed by atoms with E-state index in [1.54, 1.807) is 32.4 Å². The minimum absolute atomic E-state index is 0.336. The molecular formula is C17H19ClN2O3. The number of anilines is 1. The monoisotopic (exact) mass is 334 g/mol. The largest absolute Gasteiger partial charge is 0.497 e. The molecule has 0 saturated heterocycles. The van der Waals surface area contributed by atoms with Gasteiger partial charge in [-0.1, -0.05) is 17.7 Å². The molecule has 0 bridgehead atoms. The lowest BCUT2D eigenvalue weighted by Crippen LogP contribution is -2.28. The Bertz CT molecular complexity index is 682. The van der Waals surface area contributed by atoms with Crippen LogP contribution in [0.3, 0.4) is 0 Å².